The second kappa shape index (κ2) is 5.09. The zero-order chi connectivity index (χ0) is 15.4. The highest BCUT2D eigenvalue weighted by molar-refractivity contribution is 9.11. The predicted octanol–water partition coefficient (Wildman–Crippen LogP) is 4.62. The molecule has 0 radical (unpaired) electrons. The van der Waals surface area contributed by atoms with Crippen LogP contribution in [0.3, 0.4) is 0 Å². The lowest BCUT2D eigenvalue weighted by molar-refractivity contribution is 0.00578. The Hall–Kier alpha value is -0.355. The summed E-state index contributed by atoms with van der Waals surface area (Å²) < 4.78 is 14.4. The fourth-order valence-electron chi connectivity index (χ4n) is 2.41. The minimum atomic E-state index is -0.330. The van der Waals surface area contributed by atoms with Crippen molar-refractivity contribution in [2.24, 2.45) is 0 Å². The van der Waals surface area contributed by atoms with Gasteiger partial charge in [-0.1, -0.05) is 56.1 Å². The lowest BCUT2D eigenvalue weighted by Crippen LogP contribution is -2.41. The van der Waals surface area contributed by atoms with Crippen molar-refractivity contribution < 1.29 is 9.31 Å². The van der Waals surface area contributed by atoms with Crippen LogP contribution in [0, 0.1) is 0 Å². The van der Waals surface area contributed by atoms with Gasteiger partial charge in [-0.25, -0.2) is 0 Å². The van der Waals surface area contributed by atoms with Gasteiger partial charge in [-0.2, -0.15) is 0 Å². The van der Waals surface area contributed by atoms with Crippen LogP contribution in [0.4, 0.5) is 0 Å². The van der Waals surface area contributed by atoms with Gasteiger partial charge in [-0.3, -0.25) is 0 Å². The quantitative estimate of drug-likeness (QED) is 0.638. The molecule has 1 fully saturated rings. The molecule has 0 bridgehead atoms. The van der Waals surface area contributed by atoms with Crippen molar-refractivity contribution in [1.82, 2.24) is 0 Å². The molecule has 1 aliphatic heterocycles. The van der Waals surface area contributed by atoms with E-state index >= 15 is 0 Å². The summed E-state index contributed by atoms with van der Waals surface area (Å²) in [5.74, 6) is 0. The molecule has 5 heteroatoms. The predicted molar refractivity (Wildman–Crippen MR) is 94.2 cm³/mol. The highest BCUT2D eigenvalue weighted by Gasteiger charge is 2.51. The summed E-state index contributed by atoms with van der Waals surface area (Å²) in [4.78, 5) is 0. The fraction of sp³-hybridized carbons (Fsp3) is 0.375. The molecule has 0 aromatic heterocycles. The van der Waals surface area contributed by atoms with Crippen LogP contribution in [0.25, 0.3) is 11.1 Å². The minimum absolute atomic E-state index is 0.317. The second-order valence-corrected chi connectivity index (χ2v) is 8.13. The van der Waals surface area contributed by atoms with Crippen LogP contribution in [-0.4, -0.2) is 18.3 Å². The first-order chi connectivity index (χ1) is 9.71. The highest BCUT2D eigenvalue weighted by Crippen LogP contribution is 2.39. The maximum Gasteiger partial charge on any atom is 0.494 e. The Morgan fingerprint density at radius 2 is 1.24 bits per heavy atom. The summed E-state index contributed by atoms with van der Waals surface area (Å²) in [6.45, 7) is 8.28. The zero-order valence-electron chi connectivity index (χ0n) is 12.5. The number of hydrogen-bond acceptors (Lipinski definition) is 2. The van der Waals surface area contributed by atoms with E-state index in [1.54, 1.807) is 0 Å². The van der Waals surface area contributed by atoms with Crippen molar-refractivity contribution in [2.75, 3.05) is 0 Å². The van der Waals surface area contributed by atoms with Gasteiger partial charge in [0.15, 0.2) is 0 Å². The normalized spacial score (nSPS) is 20.2. The molecule has 0 unspecified atom stereocenters. The standard InChI is InChI=1S/C16H17BBr2O2/c1-15(2)16(3,4)21-17(20-15)10-5-7-11-12(8-6-10)14(19)9-13(11)18/h5-9H,1-4H3. The Morgan fingerprint density at radius 3 is 1.67 bits per heavy atom. The van der Waals surface area contributed by atoms with Gasteiger partial charge < -0.3 is 9.31 Å². The lowest BCUT2D eigenvalue weighted by atomic mass is 9.80. The van der Waals surface area contributed by atoms with Gasteiger partial charge in [-0.15, -0.1) is 0 Å². The monoisotopic (exact) mass is 410 g/mol. The largest absolute Gasteiger partial charge is 0.494 e. The molecule has 0 spiro atoms. The molecular formula is C16H17BBr2O2. The Bertz CT molecular complexity index is 617. The average Bonchev–Trinajstić information content (AvgIpc) is 2.68. The molecule has 21 heavy (non-hydrogen) atoms. The third-order valence-electron chi connectivity index (χ3n) is 4.47. The molecule has 1 heterocycles. The molecule has 0 amide bonds. The van der Waals surface area contributed by atoms with E-state index in [0.717, 1.165) is 14.4 Å². The SMILES string of the molecule is CC1(C)OB(c2ccc3c(Br)cc(Br)c-3cc2)OC1(C)C. The summed E-state index contributed by atoms with van der Waals surface area (Å²) in [6.07, 6.45) is 0. The molecule has 3 aliphatic rings. The first kappa shape index (κ1) is 15.5. The molecule has 0 aromatic carbocycles. The lowest BCUT2D eigenvalue weighted by Gasteiger charge is -2.32. The number of fused-ring (bicyclic) bond motifs is 1. The Balaban J connectivity index is 2.01. The third kappa shape index (κ3) is 2.58. The van der Waals surface area contributed by atoms with Crippen LogP contribution >= 0.6 is 31.9 Å². The van der Waals surface area contributed by atoms with Gasteiger partial charge in [0.2, 0.25) is 0 Å². The van der Waals surface area contributed by atoms with Crippen LogP contribution < -0.4 is 5.46 Å². The van der Waals surface area contributed by atoms with Gasteiger partial charge in [0.05, 0.1) is 11.2 Å². The van der Waals surface area contributed by atoms with Crippen molar-refractivity contribution in [3.63, 3.8) is 0 Å². The summed E-state index contributed by atoms with van der Waals surface area (Å²) >= 11 is 7.18. The van der Waals surface area contributed by atoms with Crippen molar-refractivity contribution >= 4 is 44.4 Å². The minimum Gasteiger partial charge on any atom is -0.399 e. The molecule has 0 atom stereocenters. The second-order valence-electron chi connectivity index (χ2n) is 6.42. The molecular weight excluding hydrogens is 395 g/mol. The highest BCUT2D eigenvalue weighted by atomic mass is 79.9. The van der Waals surface area contributed by atoms with Gasteiger partial charge in [0.25, 0.3) is 0 Å². The summed E-state index contributed by atoms with van der Waals surface area (Å²) in [5.41, 5.74) is 2.74. The summed E-state index contributed by atoms with van der Waals surface area (Å²) in [7, 11) is -0.330. The van der Waals surface area contributed by atoms with Crippen LogP contribution in [0.1, 0.15) is 27.7 Å². The number of hydrogen-bond donors (Lipinski definition) is 0. The van der Waals surface area contributed by atoms with E-state index in [1.807, 2.05) is 0 Å². The molecule has 2 nitrogen and oxygen atoms in total. The molecule has 0 saturated carbocycles. The fourth-order valence-corrected chi connectivity index (χ4v) is 3.87. The van der Waals surface area contributed by atoms with Gasteiger partial charge in [0.1, 0.15) is 0 Å². The van der Waals surface area contributed by atoms with E-state index in [-0.39, 0.29) is 18.3 Å². The van der Waals surface area contributed by atoms with Crippen molar-refractivity contribution in [2.45, 2.75) is 38.9 Å². The summed E-state index contributed by atoms with van der Waals surface area (Å²) in [6, 6.07) is 10.4. The Labute approximate surface area is 143 Å². The van der Waals surface area contributed by atoms with E-state index in [0.29, 0.717) is 0 Å². The van der Waals surface area contributed by atoms with E-state index in [9.17, 15) is 0 Å². The maximum atomic E-state index is 6.11. The molecule has 110 valence electrons. The molecule has 1 saturated heterocycles. The first-order valence-electron chi connectivity index (χ1n) is 6.95. The van der Waals surface area contributed by atoms with Gasteiger partial charge in [0, 0.05) is 8.95 Å². The van der Waals surface area contributed by atoms with E-state index in [4.69, 9.17) is 9.31 Å². The molecule has 0 aromatic rings. The summed E-state index contributed by atoms with van der Waals surface area (Å²) in [5, 5.41) is 0. The van der Waals surface area contributed by atoms with Gasteiger partial charge >= 0.3 is 7.12 Å². The Morgan fingerprint density at radius 1 is 0.810 bits per heavy atom. The van der Waals surface area contributed by atoms with Crippen molar-refractivity contribution in [1.29, 1.82) is 0 Å². The zero-order valence-corrected chi connectivity index (χ0v) is 15.7. The van der Waals surface area contributed by atoms with Crippen LogP contribution in [-0.2, 0) is 9.31 Å². The van der Waals surface area contributed by atoms with Crippen LogP contribution in [0.5, 0.6) is 0 Å². The smallest absolute Gasteiger partial charge is 0.399 e. The third-order valence-corrected chi connectivity index (χ3v) is 5.78. The van der Waals surface area contributed by atoms with Crippen LogP contribution in [0.15, 0.2) is 39.3 Å². The van der Waals surface area contributed by atoms with E-state index in [2.05, 4.69) is 89.9 Å². The first-order valence-corrected chi connectivity index (χ1v) is 8.53. The van der Waals surface area contributed by atoms with Crippen molar-refractivity contribution in [3.05, 3.63) is 39.3 Å². The number of rotatable bonds is 1. The molecule has 2 aliphatic carbocycles. The van der Waals surface area contributed by atoms with Crippen molar-refractivity contribution in [3.8, 4) is 11.1 Å². The molecule has 3 rings (SSSR count). The molecule has 0 N–H and O–H groups in total. The van der Waals surface area contributed by atoms with E-state index in [1.165, 1.54) is 11.1 Å². The van der Waals surface area contributed by atoms with Crippen LogP contribution in [0.2, 0.25) is 0 Å². The average molecular weight is 412 g/mol. The maximum absolute atomic E-state index is 6.11. The topological polar surface area (TPSA) is 18.5 Å². The number of halogens is 2. The van der Waals surface area contributed by atoms with E-state index < -0.39 is 0 Å². The van der Waals surface area contributed by atoms with Gasteiger partial charge in [-0.05, 0) is 50.4 Å². The Kier molecular flexibility index (Phi) is 3.76.